The molecule has 0 saturated heterocycles. The first-order chi connectivity index (χ1) is 10.2. The number of aldehydes is 1. The number of rotatable bonds is 5. The van der Waals surface area contributed by atoms with Gasteiger partial charge >= 0.3 is 0 Å². The molecule has 1 aromatic carbocycles. The van der Waals surface area contributed by atoms with Crippen LogP contribution in [-0.2, 0) is 0 Å². The van der Waals surface area contributed by atoms with Crippen LogP contribution >= 0.6 is 0 Å². The van der Waals surface area contributed by atoms with Crippen molar-refractivity contribution in [2.75, 3.05) is 6.61 Å². The van der Waals surface area contributed by atoms with Gasteiger partial charge in [0.1, 0.15) is 12.0 Å². The molecule has 0 unspecified atom stereocenters. The third-order valence-electron chi connectivity index (χ3n) is 6.08. The number of benzene rings is 1. The molecule has 21 heavy (non-hydrogen) atoms. The van der Waals surface area contributed by atoms with Crippen LogP contribution in [0.2, 0.25) is 0 Å². The summed E-state index contributed by atoms with van der Waals surface area (Å²) in [6.07, 6.45) is 11.0. The van der Waals surface area contributed by atoms with Crippen LogP contribution < -0.4 is 4.74 Å². The summed E-state index contributed by atoms with van der Waals surface area (Å²) in [6, 6.07) is 7.47. The Bertz CT molecular complexity index is 482. The third-order valence-corrected chi connectivity index (χ3v) is 6.08. The molecule has 4 aliphatic rings. The smallest absolute Gasteiger partial charge is 0.150 e. The van der Waals surface area contributed by atoms with Crippen molar-refractivity contribution in [2.24, 2.45) is 23.2 Å². The van der Waals surface area contributed by atoms with Crippen molar-refractivity contribution < 1.29 is 9.53 Å². The van der Waals surface area contributed by atoms with Crippen molar-refractivity contribution in [1.29, 1.82) is 0 Å². The lowest BCUT2D eigenvalue weighted by Gasteiger charge is -2.57. The Balaban J connectivity index is 1.35. The Morgan fingerprint density at radius 2 is 1.57 bits per heavy atom. The molecule has 4 saturated carbocycles. The van der Waals surface area contributed by atoms with Crippen LogP contribution in [0.15, 0.2) is 24.3 Å². The molecule has 5 rings (SSSR count). The summed E-state index contributed by atoms with van der Waals surface area (Å²) in [5.41, 5.74) is 1.31. The van der Waals surface area contributed by atoms with Crippen LogP contribution in [0.4, 0.5) is 0 Å². The van der Waals surface area contributed by atoms with E-state index in [-0.39, 0.29) is 0 Å². The molecule has 0 spiro atoms. The summed E-state index contributed by atoms with van der Waals surface area (Å²) in [7, 11) is 0. The highest BCUT2D eigenvalue weighted by atomic mass is 16.5. The molecular formula is C19H24O2. The van der Waals surface area contributed by atoms with Crippen molar-refractivity contribution >= 4 is 6.29 Å². The molecule has 2 heteroatoms. The fourth-order valence-corrected chi connectivity index (χ4v) is 5.62. The average Bonchev–Trinajstić information content (AvgIpc) is 2.46. The first-order valence-electron chi connectivity index (χ1n) is 8.43. The zero-order valence-corrected chi connectivity index (χ0v) is 12.6. The fraction of sp³-hybridized carbons (Fsp3) is 0.632. The molecule has 4 bridgehead atoms. The van der Waals surface area contributed by atoms with Gasteiger partial charge in [0.15, 0.2) is 0 Å². The maximum absolute atomic E-state index is 10.7. The Kier molecular flexibility index (Phi) is 3.28. The van der Waals surface area contributed by atoms with Gasteiger partial charge in [0, 0.05) is 5.56 Å². The van der Waals surface area contributed by atoms with Gasteiger partial charge in [0.25, 0.3) is 0 Å². The fourth-order valence-electron chi connectivity index (χ4n) is 5.62. The highest BCUT2D eigenvalue weighted by molar-refractivity contribution is 5.74. The molecule has 0 N–H and O–H groups in total. The van der Waals surface area contributed by atoms with E-state index >= 15 is 0 Å². The number of ether oxygens (including phenoxy) is 1. The monoisotopic (exact) mass is 284 g/mol. The molecule has 0 aliphatic heterocycles. The highest BCUT2D eigenvalue weighted by Crippen LogP contribution is 2.61. The van der Waals surface area contributed by atoms with Gasteiger partial charge in [-0.05, 0) is 92.4 Å². The first kappa shape index (κ1) is 13.4. The number of carbonyl (C=O) groups is 1. The molecule has 0 heterocycles. The Morgan fingerprint density at radius 1 is 1.00 bits per heavy atom. The summed E-state index contributed by atoms with van der Waals surface area (Å²) < 4.78 is 5.93. The number of hydrogen-bond acceptors (Lipinski definition) is 2. The van der Waals surface area contributed by atoms with Gasteiger partial charge in [-0.2, -0.15) is 0 Å². The standard InChI is InChI=1S/C19H24O2/c20-13-14-1-3-18(4-2-14)21-6-5-19-10-15-7-16(11-19)9-17(8-15)12-19/h1-4,13,15-17H,5-12H2. The lowest BCUT2D eigenvalue weighted by Crippen LogP contribution is -2.46. The quantitative estimate of drug-likeness (QED) is 0.745. The van der Waals surface area contributed by atoms with Crippen LogP contribution in [0.5, 0.6) is 5.75 Å². The molecule has 0 amide bonds. The molecule has 2 nitrogen and oxygen atoms in total. The normalized spacial score (nSPS) is 36.7. The molecule has 0 radical (unpaired) electrons. The zero-order chi connectivity index (χ0) is 14.3. The maximum Gasteiger partial charge on any atom is 0.150 e. The Morgan fingerprint density at radius 3 is 2.10 bits per heavy atom. The van der Waals surface area contributed by atoms with Crippen molar-refractivity contribution in [3.63, 3.8) is 0 Å². The van der Waals surface area contributed by atoms with Crippen molar-refractivity contribution in [1.82, 2.24) is 0 Å². The van der Waals surface area contributed by atoms with E-state index in [4.69, 9.17) is 4.74 Å². The number of carbonyl (C=O) groups excluding carboxylic acids is 1. The van der Waals surface area contributed by atoms with E-state index in [0.717, 1.165) is 36.4 Å². The van der Waals surface area contributed by atoms with Crippen molar-refractivity contribution in [3.05, 3.63) is 29.8 Å². The van der Waals surface area contributed by atoms with Crippen molar-refractivity contribution in [3.8, 4) is 5.75 Å². The largest absolute Gasteiger partial charge is 0.494 e. The molecule has 4 fully saturated rings. The zero-order valence-electron chi connectivity index (χ0n) is 12.6. The molecule has 4 aliphatic carbocycles. The van der Waals surface area contributed by atoms with Gasteiger partial charge in [-0.25, -0.2) is 0 Å². The molecular weight excluding hydrogens is 260 g/mol. The van der Waals surface area contributed by atoms with Crippen LogP contribution in [0, 0.1) is 23.2 Å². The second kappa shape index (κ2) is 5.15. The van der Waals surface area contributed by atoms with Gasteiger partial charge in [-0.15, -0.1) is 0 Å². The van der Waals surface area contributed by atoms with Gasteiger partial charge < -0.3 is 4.74 Å². The van der Waals surface area contributed by atoms with E-state index < -0.39 is 0 Å². The van der Waals surface area contributed by atoms with E-state index in [0.29, 0.717) is 11.0 Å². The minimum absolute atomic E-state index is 0.595. The summed E-state index contributed by atoms with van der Waals surface area (Å²) in [5.74, 6) is 3.94. The highest BCUT2D eigenvalue weighted by Gasteiger charge is 2.50. The number of hydrogen-bond donors (Lipinski definition) is 0. The first-order valence-corrected chi connectivity index (χ1v) is 8.43. The predicted octanol–water partition coefficient (Wildman–Crippen LogP) is 4.48. The van der Waals surface area contributed by atoms with E-state index in [2.05, 4.69) is 0 Å². The second-order valence-corrected chi connectivity index (χ2v) is 7.70. The Labute approximate surface area is 126 Å². The van der Waals surface area contributed by atoms with Gasteiger partial charge in [-0.3, -0.25) is 4.79 Å². The molecule has 1 aromatic rings. The van der Waals surface area contributed by atoms with Gasteiger partial charge in [0.05, 0.1) is 6.61 Å². The van der Waals surface area contributed by atoms with Crippen LogP contribution in [0.1, 0.15) is 55.3 Å². The van der Waals surface area contributed by atoms with Crippen LogP contribution in [0.25, 0.3) is 0 Å². The van der Waals surface area contributed by atoms with E-state index in [1.54, 1.807) is 0 Å². The summed E-state index contributed by atoms with van der Waals surface area (Å²) in [4.78, 5) is 10.7. The van der Waals surface area contributed by atoms with Crippen molar-refractivity contribution in [2.45, 2.75) is 44.9 Å². The van der Waals surface area contributed by atoms with E-state index in [1.807, 2.05) is 24.3 Å². The van der Waals surface area contributed by atoms with Gasteiger partial charge in [-0.1, -0.05) is 0 Å². The summed E-state index contributed by atoms with van der Waals surface area (Å²) in [5, 5.41) is 0. The predicted molar refractivity (Wildman–Crippen MR) is 82.5 cm³/mol. The lowest BCUT2D eigenvalue weighted by molar-refractivity contribution is -0.0622. The minimum Gasteiger partial charge on any atom is -0.494 e. The lowest BCUT2D eigenvalue weighted by atomic mass is 9.49. The SMILES string of the molecule is O=Cc1ccc(OCCC23CC4CC(CC(C4)C2)C3)cc1. The molecule has 0 atom stereocenters. The minimum atomic E-state index is 0.595. The average molecular weight is 284 g/mol. The third kappa shape index (κ3) is 2.61. The summed E-state index contributed by atoms with van der Waals surface area (Å²) in [6.45, 7) is 0.826. The van der Waals surface area contributed by atoms with Gasteiger partial charge in [0.2, 0.25) is 0 Å². The van der Waals surface area contributed by atoms with Crippen LogP contribution in [-0.4, -0.2) is 12.9 Å². The van der Waals surface area contributed by atoms with E-state index in [1.165, 1.54) is 44.9 Å². The Hall–Kier alpha value is -1.31. The second-order valence-electron chi connectivity index (χ2n) is 7.70. The topological polar surface area (TPSA) is 26.3 Å². The molecule has 112 valence electrons. The van der Waals surface area contributed by atoms with Crippen LogP contribution in [0.3, 0.4) is 0 Å². The summed E-state index contributed by atoms with van der Waals surface area (Å²) >= 11 is 0. The van der Waals surface area contributed by atoms with E-state index in [9.17, 15) is 4.79 Å². The maximum atomic E-state index is 10.7. The molecule has 0 aromatic heterocycles.